The molecule has 0 aromatic heterocycles. The van der Waals surface area contributed by atoms with Crippen LogP contribution in [0.3, 0.4) is 0 Å². The number of para-hydroxylation sites is 1. The van der Waals surface area contributed by atoms with E-state index in [1.165, 1.54) is 12.1 Å². The molecule has 2 nitrogen and oxygen atoms in total. The number of benzene rings is 2. The predicted molar refractivity (Wildman–Crippen MR) is 81.8 cm³/mol. The molecule has 0 amide bonds. The Labute approximate surface area is 121 Å². The third kappa shape index (κ3) is 3.03. The van der Waals surface area contributed by atoms with Crippen LogP contribution in [0.25, 0.3) is 0 Å². The average Bonchev–Trinajstić information content (AvgIpc) is 2.34. The van der Waals surface area contributed by atoms with Crippen molar-refractivity contribution >= 4 is 40.2 Å². The molecule has 0 aliphatic rings. The summed E-state index contributed by atoms with van der Waals surface area (Å²) in [7, 11) is 0. The van der Waals surface area contributed by atoms with Gasteiger partial charge in [0.2, 0.25) is 0 Å². The van der Waals surface area contributed by atoms with Gasteiger partial charge in [-0.1, -0.05) is 36.0 Å². The van der Waals surface area contributed by atoms with Crippen LogP contribution < -0.4 is 11.1 Å². The largest absolute Gasteiger partial charge is 0.389 e. The van der Waals surface area contributed by atoms with Crippen LogP contribution in [-0.4, -0.2) is 4.99 Å². The van der Waals surface area contributed by atoms with E-state index in [-0.39, 0.29) is 5.82 Å². The molecule has 2 aromatic rings. The summed E-state index contributed by atoms with van der Waals surface area (Å²) in [5.74, 6) is -0.380. The maximum atomic E-state index is 13.0. The van der Waals surface area contributed by atoms with E-state index in [4.69, 9.17) is 29.6 Å². The Bertz CT molecular complexity index is 643. The van der Waals surface area contributed by atoms with E-state index >= 15 is 0 Å². The molecule has 2 rings (SSSR count). The number of aryl methyl sites for hydroxylation is 1. The molecule has 0 saturated heterocycles. The maximum absolute atomic E-state index is 13.0. The molecule has 3 N–H and O–H groups in total. The summed E-state index contributed by atoms with van der Waals surface area (Å²) in [6.07, 6.45) is 0. The van der Waals surface area contributed by atoms with Gasteiger partial charge in [-0.15, -0.1) is 0 Å². The Morgan fingerprint density at radius 3 is 2.68 bits per heavy atom. The molecule has 0 fully saturated rings. The van der Waals surface area contributed by atoms with Crippen molar-refractivity contribution in [2.24, 2.45) is 5.73 Å². The van der Waals surface area contributed by atoms with E-state index in [2.05, 4.69) is 5.32 Å². The fourth-order valence-electron chi connectivity index (χ4n) is 1.76. The van der Waals surface area contributed by atoms with Crippen molar-refractivity contribution in [3.05, 3.63) is 58.4 Å². The van der Waals surface area contributed by atoms with Crippen LogP contribution in [0.15, 0.2) is 36.4 Å². The fraction of sp³-hybridized carbons (Fsp3) is 0.0714. The fourth-order valence-corrected chi connectivity index (χ4v) is 2.15. The van der Waals surface area contributed by atoms with E-state index in [0.717, 1.165) is 16.8 Å². The Hall–Kier alpha value is -1.65. The third-order valence-electron chi connectivity index (χ3n) is 2.73. The summed E-state index contributed by atoms with van der Waals surface area (Å²) in [6, 6.07) is 9.81. The van der Waals surface area contributed by atoms with Crippen molar-refractivity contribution in [2.75, 3.05) is 5.32 Å². The number of hydrogen-bond acceptors (Lipinski definition) is 2. The van der Waals surface area contributed by atoms with Crippen molar-refractivity contribution < 1.29 is 4.39 Å². The summed E-state index contributed by atoms with van der Waals surface area (Å²) < 4.78 is 13.0. The molecule has 5 heteroatoms. The van der Waals surface area contributed by atoms with Crippen molar-refractivity contribution in [2.45, 2.75) is 6.92 Å². The van der Waals surface area contributed by atoms with Crippen LogP contribution in [0.5, 0.6) is 0 Å². The molecule has 2 aromatic carbocycles. The highest BCUT2D eigenvalue weighted by molar-refractivity contribution is 7.80. The zero-order valence-corrected chi connectivity index (χ0v) is 11.8. The molecule has 0 atom stereocenters. The monoisotopic (exact) mass is 294 g/mol. The van der Waals surface area contributed by atoms with E-state index < -0.39 is 0 Å². The Kier molecular flexibility index (Phi) is 4.02. The van der Waals surface area contributed by atoms with Crippen LogP contribution in [0.2, 0.25) is 5.02 Å². The van der Waals surface area contributed by atoms with E-state index in [1.807, 2.05) is 25.1 Å². The minimum atomic E-state index is -0.380. The SMILES string of the molecule is Cc1cccc(C(N)=S)c1Nc1ccc(F)cc1Cl. The first-order chi connectivity index (χ1) is 8.99. The predicted octanol–water partition coefficient (Wildman–Crippen LogP) is 4.17. The van der Waals surface area contributed by atoms with Gasteiger partial charge in [-0.05, 0) is 36.8 Å². The second-order valence-electron chi connectivity index (χ2n) is 4.11. The summed E-state index contributed by atoms with van der Waals surface area (Å²) in [5.41, 5.74) is 8.79. The first kappa shape index (κ1) is 13.8. The minimum absolute atomic E-state index is 0.296. The highest BCUT2D eigenvalue weighted by Crippen LogP contribution is 2.29. The number of anilines is 2. The van der Waals surface area contributed by atoms with Crippen LogP contribution in [0.4, 0.5) is 15.8 Å². The van der Waals surface area contributed by atoms with Crippen molar-refractivity contribution in [3.63, 3.8) is 0 Å². The molecule has 0 radical (unpaired) electrons. The lowest BCUT2D eigenvalue weighted by atomic mass is 10.1. The molecule has 98 valence electrons. The van der Waals surface area contributed by atoms with Gasteiger partial charge in [0.15, 0.2) is 0 Å². The summed E-state index contributed by atoms with van der Waals surface area (Å²) >= 11 is 11.0. The number of halogens is 2. The lowest BCUT2D eigenvalue weighted by Crippen LogP contribution is -2.12. The lowest BCUT2D eigenvalue weighted by Gasteiger charge is -2.15. The van der Waals surface area contributed by atoms with Crippen molar-refractivity contribution in [1.29, 1.82) is 0 Å². The molecule has 0 spiro atoms. The second-order valence-corrected chi connectivity index (χ2v) is 4.96. The molecule has 0 unspecified atom stereocenters. The molecule has 0 heterocycles. The Morgan fingerprint density at radius 2 is 2.05 bits per heavy atom. The first-order valence-corrected chi connectivity index (χ1v) is 6.39. The molecular formula is C14H12ClFN2S. The zero-order valence-electron chi connectivity index (χ0n) is 10.2. The van der Waals surface area contributed by atoms with E-state index in [1.54, 1.807) is 6.07 Å². The lowest BCUT2D eigenvalue weighted by molar-refractivity contribution is 0.628. The van der Waals surface area contributed by atoms with Crippen LogP contribution in [-0.2, 0) is 0 Å². The normalized spacial score (nSPS) is 10.3. The molecule has 0 aliphatic carbocycles. The second kappa shape index (κ2) is 5.55. The molecular weight excluding hydrogens is 283 g/mol. The summed E-state index contributed by atoms with van der Waals surface area (Å²) in [4.78, 5) is 0.296. The van der Waals surface area contributed by atoms with Gasteiger partial charge in [0, 0.05) is 5.56 Å². The number of rotatable bonds is 3. The first-order valence-electron chi connectivity index (χ1n) is 5.60. The molecule has 0 saturated carbocycles. The highest BCUT2D eigenvalue weighted by atomic mass is 35.5. The number of hydrogen-bond donors (Lipinski definition) is 2. The highest BCUT2D eigenvalue weighted by Gasteiger charge is 2.10. The van der Waals surface area contributed by atoms with E-state index in [9.17, 15) is 4.39 Å². The minimum Gasteiger partial charge on any atom is -0.389 e. The summed E-state index contributed by atoms with van der Waals surface area (Å²) in [5, 5.41) is 3.45. The standard InChI is InChI=1S/C14H12ClFN2S/c1-8-3-2-4-10(14(17)19)13(8)18-12-6-5-9(16)7-11(12)15/h2-7,18H,1H3,(H2,17,19). The third-order valence-corrected chi connectivity index (χ3v) is 3.26. The number of nitrogens with two attached hydrogens (primary N) is 1. The number of nitrogens with one attached hydrogen (secondary N) is 1. The van der Waals surface area contributed by atoms with Crippen LogP contribution in [0, 0.1) is 12.7 Å². The smallest absolute Gasteiger partial charge is 0.124 e. The molecule has 0 aliphatic heterocycles. The van der Waals surface area contributed by atoms with Gasteiger partial charge in [0.05, 0.1) is 16.4 Å². The Morgan fingerprint density at radius 1 is 1.32 bits per heavy atom. The van der Waals surface area contributed by atoms with Gasteiger partial charge in [-0.25, -0.2) is 4.39 Å². The average molecular weight is 295 g/mol. The summed E-state index contributed by atoms with van der Waals surface area (Å²) in [6.45, 7) is 1.93. The van der Waals surface area contributed by atoms with Crippen molar-refractivity contribution in [1.82, 2.24) is 0 Å². The quantitative estimate of drug-likeness (QED) is 0.835. The van der Waals surface area contributed by atoms with Crippen LogP contribution in [0.1, 0.15) is 11.1 Å². The van der Waals surface area contributed by atoms with Gasteiger partial charge in [-0.2, -0.15) is 0 Å². The van der Waals surface area contributed by atoms with Gasteiger partial charge < -0.3 is 11.1 Å². The molecule has 19 heavy (non-hydrogen) atoms. The number of thiocarbonyl (C=S) groups is 1. The van der Waals surface area contributed by atoms with Crippen LogP contribution >= 0.6 is 23.8 Å². The van der Waals surface area contributed by atoms with E-state index in [0.29, 0.717) is 15.7 Å². The topological polar surface area (TPSA) is 38.0 Å². The molecule has 0 bridgehead atoms. The van der Waals surface area contributed by atoms with Gasteiger partial charge in [-0.3, -0.25) is 0 Å². The van der Waals surface area contributed by atoms with Gasteiger partial charge in [0.25, 0.3) is 0 Å². The Balaban J connectivity index is 2.46. The van der Waals surface area contributed by atoms with Gasteiger partial charge in [0.1, 0.15) is 10.8 Å². The maximum Gasteiger partial charge on any atom is 0.124 e. The van der Waals surface area contributed by atoms with Crippen molar-refractivity contribution in [3.8, 4) is 0 Å². The zero-order chi connectivity index (χ0) is 14.0. The van der Waals surface area contributed by atoms with Gasteiger partial charge >= 0.3 is 0 Å².